The molecule has 1 fully saturated rings. The van der Waals surface area contributed by atoms with Crippen LogP contribution in [0.1, 0.15) is 113 Å². The second-order valence-electron chi connectivity index (χ2n) is 28.6. The molecule has 3 aliphatic rings. The van der Waals surface area contributed by atoms with Gasteiger partial charge in [0.05, 0.1) is 0 Å². The van der Waals surface area contributed by atoms with E-state index in [1.807, 2.05) is 0 Å². The van der Waals surface area contributed by atoms with E-state index >= 15 is 0 Å². The highest BCUT2D eigenvalue weighted by Gasteiger charge is 2.39. The van der Waals surface area contributed by atoms with Crippen molar-refractivity contribution in [3.05, 3.63) is 300 Å². The van der Waals surface area contributed by atoms with Crippen LogP contribution in [-0.2, 0) is 17.3 Å². The quantitative estimate of drug-likeness (QED) is 0.126. The van der Waals surface area contributed by atoms with Gasteiger partial charge in [-0.2, -0.15) is 0 Å². The first-order valence-electron chi connectivity index (χ1n) is 34.7. The van der Waals surface area contributed by atoms with E-state index in [-0.39, 0.29) is 10.8 Å². The second-order valence-corrected chi connectivity index (χ2v) is 28.6. The summed E-state index contributed by atoms with van der Waals surface area (Å²) in [6.07, 6.45) is 7.51. The third-order valence-electron chi connectivity index (χ3n) is 23.1. The smallest absolute Gasteiger partial charge is 0.0159 e. The summed E-state index contributed by atoms with van der Waals surface area (Å²) in [6, 6.07) is 103. The summed E-state index contributed by atoms with van der Waals surface area (Å²) in [7, 11) is 0. The van der Waals surface area contributed by atoms with Crippen LogP contribution in [0.25, 0.3) is 154 Å². The van der Waals surface area contributed by atoms with Crippen LogP contribution in [0.3, 0.4) is 0 Å². The molecule has 0 heteroatoms. The molecular weight excluding hydrogens is 1130 g/mol. The van der Waals surface area contributed by atoms with E-state index < -0.39 is 0 Å². The molecule has 0 bridgehead atoms. The first-order valence-corrected chi connectivity index (χ1v) is 34.7. The molecular formula is C94H76. The largest absolute Gasteiger partial charge is 0.0651 e. The van der Waals surface area contributed by atoms with E-state index in [4.69, 9.17) is 0 Å². The molecule has 0 heterocycles. The van der Waals surface area contributed by atoms with Crippen LogP contribution in [0.15, 0.2) is 267 Å². The minimum Gasteiger partial charge on any atom is -0.0651 e. The van der Waals surface area contributed by atoms with Crippen molar-refractivity contribution in [1.82, 2.24) is 0 Å². The summed E-state index contributed by atoms with van der Waals surface area (Å²) in [5.74, 6) is 1.41. The van der Waals surface area contributed by atoms with Gasteiger partial charge >= 0.3 is 0 Å². The molecule has 0 radical (unpaired) electrons. The molecule has 0 saturated heterocycles. The van der Waals surface area contributed by atoms with Crippen LogP contribution in [0.4, 0.5) is 0 Å². The summed E-state index contributed by atoms with van der Waals surface area (Å²) in [5.41, 5.74) is 28.7. The Morgan fingerprint density at radius 1 is 0.266 bits per heavy atom. The fourth-order valence-corrected chi connectivity index (χ4v) is 18.1. The fraction of sp³-hybridized carbons (Fsp3) is 0.170. The molecule has 0 aliphatic heterocycles. The van der Waals surface area contributed by atoms with Gasteiger partial charge in [0.2, 0.25) is 0 Å². The van der Waals surface area contributed by atoms with Gasteiger partial charge in [-0.15, -0.1) is 0 Å². The molecule has 0 atom stereocenters. The summed E-state index contributed by atoms with van der Waals surface area (Å²) in [6.45, 7) is 14.4. The zero-order valence-electron chi connectivity index (χ0n) is 54.8. The average molecular weight is 1210 g/mol. The van der Waals surface area contributed by atoms with Gasteiger partial charge < -0.3 is 0 Å². The Morgan fingerprint density at radius 3 is 0.872 bits per heavy atom. The topological polar surface area (TPSA) is 0 Å². The molecule has 452 valence electrons. The Balaban J connectivity index is 0.692. The van der Waals surface area contributed by atoms with E-state index in [1.54, 1.807) is 5.56 Å². The predicted molar refractivity (Wildman–Crippen MR) is 404 cm³/mol. The molecule has 18 rings (SSSR count). The van der Waals surface area contributed by atoms with Crippen molar-refractivity contribution < 1.29 is 0 Å². The molecule has 0 unspecified atom stereocenters. The maximum Gasteiger partial charge on any atom is 0.0159 e. The standard InChI is InChI=1S/C94H76/c1-7-57-33-37-59(38-34-57)60-41-43-62(44-42-60)88-71-21-9-11-23-73(71)89(74-24-12-10-22-72(74)88)65-47-51-69-67-49-45-63(53-83(67)93(3,4)85(69)55-65)64-46-50-68-70-52-48-66(56-86(70)94(5,6)84(68)54-64)90-77-27-15-19-31-81(77)92(82-32-20-16-28-78(82)90)91-79-29-17-13-25-75(79)87(76-26-14-18-30-80(76)91)61-39-35-58(8-2)36-40-61/h9-34,37-38,41-56,58,61H,7-8,35-36,39-40H2,1-6H3. The fourth-order valence-electron chi connectivity index (χ4n) is 18.1. The number of hydrogen-bond donors (Lipinski definition) is 0. The van der Waals surface area contributed by atoms with Gasteiger partial charge in [0.1, 0.15) is 0 Å². The zero-order chi connectivity index (χ0) is 63.1. The molecule has 0 aromatic heterocycles. The van der Waals surface area contributed by atoms with Crippen LogP contribution >= 0.6 is 0 Å². The molecule has 3 aliphatic carbocycles. The molecule has 1 saturated carbocycles. The molecule has 0 amide bonds. The number of rotatable bonds is 9. The minimum absolute atomic E-state index is 0.227. The maximum absolute atomic E-state index is 2.55. The van der Waals surface area contributed by atoms with Crippen molar-refractivity contribution in [1.29, 1.82) is 0 Å². The van der Waals surface area contributed by atoms with Gasteiger partial charge in [0.15, 0.2) is 0 Å². The van der Waals surface area contributed by atoms with Crippen molar-refractivity contribution in [3.63, 3.8) is 0 Å². The van der Waals surface area contributed by atoms with E-state index in [9.17, 15) is 0 Å². The van der Waals surface area contributed by atoms with E-state index in [0.717, 1.165) is 12.3 Å². The normalized spacial score (nSPS) is 16.1. The summed E-state index contributed by atoms with van der Waals surface area (Å²) >= 11 is 0. The van der Waals surface area contributed by atoms with Gasteiger partial charge in [-0.1, -0.05) is 291 Å². The van der Waals surface area contributed by atoms with Crippen molar-refractivity contribution in [2.45, 2.75) is 96.8 Å². The van der Waals surface area contributed by atoms with Crippen LogP contribution in [-0.4, -0.2) is 0 Å². The summed E-state index contributed by atoms with van der Waals surface area (Å²) in [4.78, 5) is 0. The second kappa shape index (κ2) is 21.7. The first kappa shape index (κ1) is 56.6. The lowest BCUT2D eigenvalue weighted by Gasteiger charge is -2.31. The van der Waals surface area contributed by atoms with Gasteiger partial charge in [-0.05, 0) is 255 Å². The molecule has 0 spiro atoms. The Morgan fingerprint density at radius 2 is 0.532 bits per heavy atom. The maximum atomic E-state index is 2.55. The Hall–Kier alpha value is -10.1. The summed E-state index contributed by atoms with van der Waals surface area (Å²) < 4.78 is 0. The SMILES string of the molecule is CCc1ccc(-c2ccc(-c3c4ccccc4c(-c4ccc5c(c4)C(C)(C)c4cc(-c6ccc7c(c6)C(C)(C)c6cc(-c8c9ccccc9c(-c9c%10ccccc%10c(C%10CCC(CC)CC%10)c%10ccccc9%10)c9ccccc89)ccc6-7)ccc4-5)c4ccccc34)cc2)cc1. The van der Waals surface area contributed by atoms with Crippen molar-refractivity contribution in [3.8, 4) is 89.0 Å². The van der Waals surface area contributed by atoms with Crippen LogP contribution < -0.4 is 0 Å². The molecule has 15 aromatic carbocycles. The number of benzene rings is 15. The van der Waals surface area contributed by atoms with E-state index in [0.29, 0.717) is 5.92 Å². The zero-order valence-corrected chi connectivity index (χ0v) is 54.8. The number of hydrogen-bond acceptors (Lipinski definition) is 0. The Kier molecular flexibility index (Phi) is 13.1. The highest BCUT2D eigenvalue weighted by atomic mass is 14.4. The first-order chi connectivity index (χ1) is 46.0. The molecule has 0 N–H and O–H groups in total. The van der Waals surface area contributed by atoms with Crippen LogP contribution in [0.5, 0.6) is 0 Å². The highest BCUT2D eigenvalue weighted by Crippen LogP contribution is 2.57. The van der Waals surface area contributed by atoms with Crippen LogP contribution in [0, 0.1) is 5.92 Å². The van der Waals surface area contributed by atoms with Crippen molar-refractivity contribution >= 4 is 64.6 Å². The average Bonchev–Trinajstić information content (AvgIpc) is 0.951. The lowest BCUT2D eigenvalue weighted by atomic mass is 9.74. The third-order valence-corrected chi connectivity index (χ3v) is 23.1. The molecule has 0 nitrogen and oxygen atoms in total. The van der Waals surface area contributed by atoms with Gasteiger partial charge in [-0.3, -0.25) is 0 Å². The van der Waals surface area contributed by atoms with E-state index in [2.05, 4.69) is 308 Å². The Labute approximate surface area is 553 Å². The van der Waals surface area contributed by atoms with Gasteiger partial charge in [0.25, 0.3) is 0 Å². The number of aryl methyl sites for hydroxylation is 1. The molecule has 94 heavy (non-hydrogen) atoms. The monoisotopic (exact) mass is 1200 g/mol. The van der Waals surface area contributed by atoms with Crippen molar-refractivity contribution in [2.75, 3.05) is 0 Å². The van der Waals surface area contributed by atoms with Crippen molar-refractivity contribution in [2.24, 2.45) is 5.92 Å². The lowest BCUT2D eigenvalue weighted by Crippen LogP contribution is -2.15. The third kappa shape index (κ3) is 8.57. The minimum atomic E-state index is -0.237. The highest BCUT2D eigenvalue weighted by molar-refractivity contribution is 6.28. The predicted octanol–water partition coefficient (Wildman–Crippen LogP) is 26.5. The van der Waals surface area contributed by atoms with E-state index in [1.165, 1.54) is 214 Å². The summed E-state index contributed by atoms with van der Waals surface area (Å²) in [5, 5.41) is 15.9. The Bertz CT molecular complexity index is 5450. The lowest BCUT2D eigenvalue weighted by molar-refractivity contribution is 0.320. The van der Waals surface area contributed by atoms with Gasteiger partial charge in [-0.25, -0.2) is 0 Å². The molecule has 15 aromatic rings. The number of fused-ring (bicyclic) bond motifs is 12. The van der Waals surface area contributed by atoms with Gasteiger partial charge in [0, 0.05) is 10.8 Å². The van der Waals surface area contributed by atoms with Crippen LogP contribution in [0.2, 0.25) is 0 Å².